The van der Waals surface area contributed by atoms with Gasteiger partial charge in [-0.3, -0.25) is 9.98 Å². The number of nitrogens with zero attached hydrogens (tertiary/aromatic N) is 2. The van der Waals surface area contributed by atoms with Gasteiger partial charge in [0.05, 0.1) is 17.1 Å². The van der Waals surface area contributed by atoms with Gasteiger partial charge >= 0.3 is 0 Å². The molecule has 0 unspecified atom stereocenters. The van der Waals surface area contributed by atoms with Crippen molar-refractivity contribution in [1.29, 1.82) is 0 Å². The highest BCUT2D eigenvalue weighted by Gasteiger charge is 2.05. The van der Waals surface area contributed by atoms with Crippen LogP contribution in [-0.2, 0) is 12.8 Å². The fourth-order valence-corrected chi connectivity index (χ4v) is 8.34. The molecule has 2 nitrogen and oxygen atoms in total. The van der Waals surface area contributed by atoms with Crippen LogP contribution in [0.1, 0.15) is 257 Å². The van der Waals surface area contributed by atoms with E-state index in [1.807, 2.05) is 0 Å². The summed E-state index contributed by atoms with van der Waals surface area (Å²) < 4.78 is 0. The molecule has 2 rings (SSSR count). The summed E-state index contributed by atoms with van der Waals surface area (Å²) >= 11 is 0. The van der Waals surface area contributed by atoms with Crippen LogP contribution in [0.5, 0.6) is 0 Å². The Kier molecular flexibility index (Phi) is 37.0. The van der Waals surface area contributed by atoms with Gasteiger partial charge in [-0.15, -0.1) is 0 Å². The Labute approximate surface area is 374 Å². The minimum absolute atomic E-state index is 0.961. The summed E-state index contributed by atoms with van der Waals surface area (Å²) in [6, 6.07) is 17.5. The molecule has 0 aliphatic rings. The first-order valence-corrected chi connectivity index (χ1v) is 26.4. The van der Waals surface area contributed by atoms with Gasteiger partial charge in [0.2, 0.25) is 0 Å². The summed E-state index contributed by atoms with van der Waals surface area (Å²) in [6.07, 6.45) is 61.2. The molecular weight excluding hydrogens is 725 g/mol. The number of benzene rings is 2. The third kappa shape index (κ3) is 31.2. The maximum Gasteiger partial charge on any atom is 0.0665 e. The van der Waals surface area contributed by atoms with E-state index in [2.05, 4.69) is 99.8 Å². The fourth-order valence-electron chi connectivity index (χ4n) is 8.34. The van der Waals surface area contributed by atoms with Crippen molar-refractivity contribution in [3.8, 4) is 0 Å². The van der Waals surface area contributed by atoms with Gasteiger partial charge in [0.15, 0.2) is 0 Å². The molecule has 338 valence electrons. The van der Waals surface area contributed by atoms with Crippen molar-refractivity contribution in [2.75, 3.05) is 0 Å². The summed E-state index contributed by atoms with van der Waals surface area (Å²) in [7, 11) is 0. The van der Waals surface area contributed by atoms with Gasteiger partial charge in [0.25, 0.3) is 0 Å². The average molecular weight is 821 g/mol. The van der Waals surface area contributed by atoms with Crippen LogP contribution in [0, 0.1) is 0 Å². The van der Waals surface area contributed by atoms with E-state index in [1.165, 1.54) is 204 Å². The Morgan fingerprint density at radius 3 is 1.12 bits per heavy atom. The first-order chi connectivity index (χ1) is 29.8. The summed E-state index contributed by atoms with van der Waals surface area (Å²) in [4.78, 5) is 10.3. The van der Waals surface area contributed by atoms with Crippen molar-refractivity contribution in [2.45, 2.75) is 258 Å². The molecule has 2 aromatic carbocycles. The van der Waals surface area contributed by atoms with Crippen LogP contribution in [0.3, 0.4) is 0 Å². The zero-order valence-corrected chi connectivity index (χ0v) is 40.1. The number of aliphatic imine (C=N–C) groups is 2. The molecule has 60 heavy (non-hydrogen) atoms. The average Bonchev–Trinajstić information content (AvgIpc) is 3.27. The highest BCUT2D eigenvalue weighted by Crippen LogP contribution is 2.24. The van der Waals surface area contributed by atoms with Crippen LogP contribution in [-0.4, -0.2) is 11.9 Å². The van der Waals surface area contributed by atoms with Gasteiger partial charge in [-0.05, 0) is 100 Å². The number of hydrogen-bond donors (Lipinski definition) is 0. The molecule has 0 heterocycles. The third-order valence-electron chi connectivity index (χ3n) is 12.3. The second-order valence-electron chi connectivity index (χ2n) is 18.0. The minimum Gasteiger partial charge on any atom is -0.255 e. The molecule has 2 heteroatoms. The molecule has 0 atom stereocenters. The lowest BCUT2D eigenvalue weighted by Gasteiger charge is -2.08. The van der Waals surface area contributed by atoms with Crippen LogP contribution in [0.15, 0.2) is 82.8 Å². The summed E-state index contributed by atoms with van der Waals surface area (Å²) in [5, 5.41) is 0. The van der Waals surface area contributed by atoms with Gasteiger partial charge < -0.3 is 0 Å². The Hall–Kier alpha value is -2.74. The molecule has 0 N–H and O–H groups in total. The number of para-hydroxylation sites is 2. The van der Waals surface area contributed by atoms with Crippen molar-refractivity contribution in [1.82, 2.24) is 0 Å². The zero-order valence-electron chi connectivity index (χ0n) is 40.1. The second kappa shape index (κ2) is 41.6. The molecule has 0 saturated carbocycles. The molecule has 0 saturated heterocycles. The molecule has 0 aliphatic carbocycles. The van der Waals surface area contributed by atoms with Crippen LogP contribution in [0.2, 0.25) is 0 Å². The first-order valence-electron chi connectivity index (χ1n) is 26.4. The van der Waals surface area contributed by atoms with Crippen molar-refractivity contribution in [3.63, 3.8) is 0 Å². The van der Waals surface area contributed by atoms with Crippen LogP contribution in [0.25, 0.3) is 0 Å². The number of rotatable bonds is 42. The Morgan fingerprint density at radius 1 is 0.367 bits per heavy atom. The van der Waals surface area contributed by atoms with E-state index in [4.69, 9.17) is 9.98 Å². The molecule has 0 aromatic heterocycles. The lowest BCUT2D eigenvalue weighted by Crippen LogP contribution is -2.00. The van der Waals surface area contributed by atoms with Crippen LogP contribution in [0.4, 0.5) is 11.4 Å². The van der Waals surface area contributed by atoms with Crippen molar-refractivity contribution < 1.29 is 0 Å². The van der Waals surface area contributed by atoms with Crippen molar-refractivity contribution >= 4 is 23.3 Å². The molecule has 0 spiro atoms. The fraction of sp³-hybridized carbons (Fsp3) is 0.690. The van der Waals surface area contributed by atoms with Crippen LogP contribution >= 0.6 is 0 Å². The highest BCUT2D eigenvalue weighted by molar-refractivity contribution is 6.31. The molecule has 0 amide bonds. The Morgan fingerprint density at radius 2 is 0.700 bits per heavy atom. The predicted molar refractivity (Wildman–Crippen MR) is 272 cm³/mol. The summed E-state index contributed by atoms with van der Waals surface area (Å²) in [5.41, 5.74) is 6.00. The van der Waals surface area contributed by atoms with E-state index in [-0.39, 0.29) is 0 Å². The van der Waals surface area contributed by atoms with Gasteiger partial charge in [-0.25, -0.2) is 0 Å². The van der Waals surface area contributed by atoms with E-state index in [9.17, 15) is 0 Å². The van der Waals surface area contributed by atoms with Gasteiger partial charge in [0, 0.05) is 6.21 Å². The first kappa shape index (κ1) is 53.4. The summed E-state index contributed by atoms with van der Waals surface area (Å²) in [6.45, 7) is 6.87. The largest absolute Gasteiger partial charge is 0.255 e. The minimum atomic E-state index is 0.961. The predicted octanol–water partition coefficient (Wildman–Crippen LogP) is 20.1. The molecule has 2 aromatic rings. The van der Waals surface area contributed by atoms with Gasteiger partial charge in [-0.2, -0.15) is 0 Å². The standard InChI is InChI=1S/C58H96N2/c1-4-7-10-12-14-16-18-20-22-24-26-28-30-32-34-36-38-40-46-54-48-42-44-51-57(54)59-53-56(50-9-6-3)60-58-52-45-43-49-55(58)47-41-39-37-35-33-31-29-27-25-23-21-19-17-15-13-11-8-5-2/h34-37,42-45,48-49,51-53H,4-33,38-41,46-47,50H2,1-3H3/b36-34+,37-35+,59-53?,60-56?. The number of allylic oxidation sites excluding steroid dienone is 4. The van der Waals surface area contributed by atoms with Gasteiger partial charge in [0.1, 0.15) is 0 Å². The summed E-state index contributed by atoms with van der Waals surface area (Å²) in [5.74, 6) is 0. The lowest BCUT2D eigenvalue weighted by atomic mass is 10.0. The second-order valence-corrected chi connectivity index (χ2v) is 18.0. The molecule has 0 radical (unpaired) electrons. The monoisotopic (exact) mass is 821 g/mol. The van der Waals surface area contributed by atoms with E-state index in [0.29, 0.717) is 0 Å². The Balaban J connectivity index is 1.67. The number of hydrogen-bond acceptors (Lipinski definition) is 2. The smallest absolute Gasteiger partial charge is 0.0665 e. The SMILES string of the molecule is CCCCCCCCCCCCCCC/C=C/CCCc1ccccc1N=CC(CCCC)=Nc1ccccc1CCC/C=C/CCCCCCCCCCCCCCC. The third-order valence-corrected chi connectivity index (χ3v) is 12.3. The van der Waals surface area contributed by atoms with Crippen molar-refractivity contribution in [2.24, 2.45) is 9.98 Å². The van der Waals surface area contributed by atoms with Gasteiger partial charge in [-0.1, -0.05) is 242 Å². The normalized spacial score (nSPS) is 12.3. The maximum absolute atomic E-state index is 5.23. The quantitative estimate of drug-likeness (QED) is 0.0362. The number of aryl methyl sites for hydroxylation is 2. The topological polar surface area (TPSA) is 24.7 Å². The highest BCUT2D eigenvalue weighted by atomic mass is 14.8. The van der Waals surface area contributed by atoms with E-state index < -0.39 is 0 Å². The zero-order chi connectivity index (χ0) is 42.7. The van der Waals surface area contributed by atoms with Crippen LogP contribution < -0.4 is 0 Å². The molecule has 0 aliphatic heterocycles. The number of unbranched alkanes of at least 4 members (excludes halogenated alkanes) is 29. The molecular formula is C58H96N2. The van der Waals surface area contributed by atoms with Crippen molar-refractivity contribution in [3.05, 3.63) is 84.0 Å². The van der Waals surface area contributed by atoms with E-state index >= 15 is 0 Å². The lowest BCUT2D eigenvalue weighted by molar-refractivity contribution is 0.540. The van der Waals surface area contributed by atoms with E-state index in [0.717, 1.165) is 62.0 Å². The maximum atomic E-state index is 5.23. The molecule has 0 bridgehead atoms. The Bertz CT molecular complexity index is 1350. The molecule has 0 fully saturated rings. The van der Waals surface area contributed by atoms with E-state index in [1.54, 1.807) is 0 Å².